The lowest BCUT2D eigenvalue weighted by atomic mass is 10.1. The van der Waals surface area contributed by atoms with Gasteiger partial charge in [0.15, 0.2) is 0 Å². The Morgan fingerprint density at radius 1 is 1.15 bits per heavy atom. The first-order valence-electron chi connectivity index (χ1n) is 9.39. The Hall–Kier alpha value is -2.83. The van der Waals surface area contributed by atoms with Gasteiger partial charge in [0.05, 0.1) is 0 Å². The van der Waals surface area contributed by atoms with E-state index in [0.29, 0.717) is 19.0 Å². The maximum Gasteiger partial charge on any atom is 0.254 e. The standard InChI is InChI=1S/C20H28N6O/c1-5-21-20-22-15(2)13-18(23-20)25-9-11-26(12-10-25)19(27)16-7-6-8-17(14-16)24(3)4/h6-8,13-14H,5,9-12H2,1-4H3,(H,21,22,23). The van der Waals surface area contributed by atoms with Crippen molar-refractivity contribution in [3.63, 3.8) is 0 Å². The smallest absolute Gasteiger partial charge is 0.254 e. The SMILES string of the molecule is CCNc1nc(C)cc(N2CCN(C(=O)c3cccc(N(C)C)c3)CC2)n1. The van der Waals surface area contributed by atoms with E-state index >= 15 is 0 Å². The molecule has 2 heterocycles. The fourth-order valence-corrected chi connectivity index (χ4v) is 3.19. The summed E-state index contributed by atoms with van der Waals surface area (Å²) in [5.74, 6) is 1.66. The molecule has 1 aliphatic rings. The van der Waals surface area contributed by atoms with E-state index in [-0.39, 0.29) is 5.91 Å². The summed E-state index contributed by atoms with van der Waals surface area (Å²) >= 11 is 0. The average molecular weight is 368 g/mol. The van der Waals surface area contributed by atoms with Crippen LogP contribution >= 0.6 is 0 Å². The summed E-state index contributed by atoms with van der Waals surface area (Å²) in [6, 6.07) is 9.78. The van der Waals surface area contributed by atoms with Gasteiger partial charge in [0.1, 0.15) is 5.82 Å². The van der Waals surface area contributed by atoms with Crippen LogP contribution in [-0.4, -0.2) is 67.6 Å². The highest BCUT2D eigenvalue weighted by Gasteiger charge is 2.23. The predicted molar refractivity (Wildman–Crippen MR) is 110 cm³/mol. The average Bonchev–Trinajstić information content (AvgIpc) is 2.67. The molecular formula is C20H28N6O. The quantitative estimate of drug-likeness (QED) is 0.873. The minimum Gasteiger partial charge on any atom is -0.378 e. The molecule has 0 unspecified atom stereocenters. The van der Waals surface area contributed by atoms with E-state index in [0.717, 1.165) is 42.4 Å². The Morgan fingerprint density at radius 3 is 2.56 bits per heavy atom. The number of anilines is 3. The van der Waals surface area contributed by atoms with Gasteiger partial charge in [-0.15, -0.1) is 0 Å². The topological polar surface area (TPSA) is 64.6 Å². The summed E-state index contributed by atoms with van der Waals surface area (Å²) in [6.45, 7) is 7.69. The molecule has 2 aromatic rings. The first-order chi connectivity index (χ1) is 13.0. The summed E-state index contributed by atoms with van der Waals surface area (Å²) in [4.78, 5) is 28.0. The highest BCUT2D eigenvalue weighted by molar-refractivity contribution is 5.95. The van der Waals surface area contributed by atoms with Gasteiger partial charge in [0, 0.05) is 69.8 Å². The molecule has 7 heteroatoms. The van der Waals surface area contributed by atoms with Crippen LogP contribution in [0, 0.1) is 6.92 Å². The van der Waals surface area contributed by atoms with E-state index in [2.05, 4.69) is 20.2 Å². The van der Waals surface area contributed by atoms with Crippen LogP contribution in [0.2, 0.25) is 0 Å². The summed E-state index contributed by atoms with van der Waals surface area (Å²) in [5.41, 5.74) is 2.71. The number of carbonyl (C=O) groups excluding carboxylic acids is 1. The van der Waals surface area contributed by atoms with Crippen LogP contribution in [0.5, 0.6) is 0 Å². The number of piperazine rings is 1. The number of aryl methyl sites for hydroxylation is 1. The van der Waals surface area contributed by atoms with E-state index in [1.165, 1.54) is 0 Å². The van der Waals surface area contributed by atoms with Crippen molar-refractivity contribution in [2.24, 2.45) is 0 Å². The number of hydrogen-bond donors (Lipinski definition) is 1. The van der Waals surface area contributed by atoms with Gasteiger partial charge in [-0.05, 0) is 32.0 Å². The molecule has 1 saturated heterocycles. The summed E-state index contributed by atoms with van der Waals surface area (Å²) in [7, 11) is 3.96. The third kappa shape index (κ3) is 4.48. The zero-order valence-electron chi connectivity index (χ0n) is 16.6. The first-order valence-corrected chi connectivity index (χ1v) is 9.39. The molecular weight excluding hydrogens is 340 g/mol. The number of hydrogen-bond acceptors (Lipinski definition) is 6. The number of nitrogens with one attached hydrogen (secondary N) is 1. The van der Waals surface area contributed by atoms with E-state index in [1.807, 2.05) is 68.1 Å². The van der Waals surface area contributed by atoms with Crippen molar-refractivity contribution in [2.45, 2.75) is 13.8 Å². The van der Waals surface area contributed by atoms with Crippen LogP contribution < -0.4 is 15.1 Å². The largest absolute Gasteiger partial charge is 0.378 e. The second kappa shape index (κ2) is 8.24. The molecule has 1 aliphatic heterocycles. The van der Waals surface area contributed by atoms with Crippen LogP contribution in [-0.2, 0) is 0 Å². The Bertz CT molecular complexity index is 799. The van der Waals surface area contributed by atoms with Crippen molar-refractivity contribution >= 4 is 23.4 Å². The monoisotopic (exact) mass is 368 g/mol. The summed E-state index contributed by atoms with van der Waals surface area (Å²) in [6.07, 6.45) is 0. The van der Waals surface area contributed by atoms with Gasteiger partial charge in [-0.2, -0.15) is 4.98 Å². The minimum atomic E-state index is 0.0885. The third-order valence-corrected chi connectivity index (χ3v) is 4.68. The van der Waals surface area contributed by atoms with Crippen LogP contribution in [0.1, 0.15) is 23.0 Å². The number of nitrogens with zero attached hydrogens (tertiary/aromatic N) is 5. The Balaban J connectivity index is 1.67. The maximum atomic E-state index is 12.9. The molecule has 1 aromatic carbocycles. The van der Waals surface area contributed by atoms with Crippen molar-refractivity contribution in [1.82, 2.24) is 14.9 Å². The number of aromatic nitrogens is 2. The summed E-state index contributed by atoms with van der Waals surface area (Å²) < 4.78 is 0. The molecule has 27 heavy (non-hydrogen) atoms. The molecule has 0 atom stereocenters. The lowest BCUT2D eigenvalue weighted by Crippen LogP contribution is -2.49. The Labute approximate surface area is 161 Å². The van der Waals surface area contributed by atoms with Gasteiger partial charge in [-0.3, -0.25) is 4.79 Å². The van der Waals surface area contributed by atoms with Crippen LogP contribution in [0.25, 0.3) is 0 Å². The van der Waals surface area contributed by atoms with Crippen molar-refractivity contribution in [1.29, 1.82) is 0 Å². The molecule has 0 bridgehead atoms. The molecule has 1 N–H and O–H groups in total. The minimum absolute atomic E-state index is 0.0885. The van der Waals surface area contributed by atoms with E-state index in [1.54, 1.807) is 0 Å². The Kier molecular flexibility index (Phi) is 5.78. The molecule has 1 fully saturated rings. The van der Waals surface area contributed by atoms with Gasteiger partial charge in [-0.1, -0.05) is 6.07 Å². The second-order valence-corrected chi connectivity index (χ2v) is 6.95. The van der Waals surface area contributed by atoms with Crippen LogP contribution in [0.4, 0.5) is 17.5 Å². The van der Waals surface area contributed by atoms with Crippen LogP contribution in [0.3, 0.4) is 0 Å². The van der Waals surface area contributed by atoms with E-state index in [9.17, 15) is 4.79 Å². The lowest BCUT2D eigenvalue weighted by molar-refractivity contribution is 0.0746. The van der Waals surface area contributed by atoms with Gasteiger partial charge in [-0.25, -0.2) is 4.98 Å². The lowest BCUT2D eigenvalue weighted by Gasteiger charge is -2.35. The molecule has 144 valence electrons. The van der Waals surface area contributed by atoms with Gasteiger partial charge >= 0.3 is 0 Å². The third-order valence-electron chi connectivity index (χ3n) is 4.68. The van der Waals surface area contributed by atoms with E-state index < -0.39 is 0 Å². The predicted octanol–water partition coefficient (Wildman–Crippen LogP) is 2.25. The zero-order chi connectivity index (χ0) is 19.4. The molecule has 7 nitrogen and oxygen atoms in total. The van der Waals surface area contributed by atoms with Crippen molar-refractivity contribution in [3.8, 4) is 0 Å². The molecule has 0 aliphatic carbocycles. The van der Waals surface area contributed by atoms with Gasteiger partial charge in [0.2, 0.25) is 5.95 Å². The molecule has 0 spiro atoms. The Morgan fingerprint density at radius 2 is 1.89 bits per heavy atom. The van der Waals surface area contributed by atoms with E-state index in [4.69, 9.17) is 0 Å². The van der Waals surface area contributed by atoms with Crippen molar-refractivity contribution in [2.75, 3.05) is 61.9 Å². The van der Waals surface area contributed by atoms with Gasteiger partial charge in [0.25, 0.3) is 5.91 Å². The fourth-order valence-electron chi connectivity index (χ4n) is 3.19. The second-order valence-electron chi connectivity index (χ2n) is 6.95. The molecule has 0 saturated carbocycles. The summed E-state index contributed by atoms with van der Waals surface area (Å²) in [5, 5.41) is 3.17. The highest BCUT2D eigenvalue weighted by atomic mass is 16.2. The fraction of sp³-hybridized carbons (Fsp3) is 0.450. The number of benzene rings is 1. The zero-order valence-corrected chi connectivity index (χ0v) is 16.6. The number of rotatable bonds is 5. The molecule has 0 radical (unpaired) electrons. The number of amides is 1. The maximum absolute atomic E-state index is 12.9. The van der Waals surface area contributed by atoms with Crippen molar-refractivity contribution in [3.05, 3.63) is 41.6 Å². The van der Waals surface area contributed by atoms with Crippen molar-refractivity contribution < 1.29 is 4.79 Å². The number of carbonyl (C=O) groups is 1. The van der Waals surface area contributed by atoms with Gasteiger partial charge < -0.3 is 20.0 Å². The molecule has 1 aromatic heterocycles. The molecule has 3 rings (SSSR count). The normalized spacial score (nSPS) is 14.2. The molecule has 1 amide bonds. The highest BCUT2D eigenvalue weighted by Crippen LogP contribution is 2.19. The first kappa shape index (κ1) is 18.9. The van der Waals surface area contributed by atoms with Crippen LogP contribution in [0.15, 0.2) is 30.3 Å².